The molecule has 0 saturated carbocycles. The molecule has 0 spiro atoms. The molecule has 5 nitrogen and oxygen atoms in total. The van der Waals surface area contributed by atoms with Crippen LogP contribution in [0, 0.1) is 6.92 Å². The SMILES string of the molecule is COc1ccc(C(=O)Nc2nccs2)c(OC)c1C. The van der Waals surface area contributed by atoms with Crippen LogP contribution in [-0.4, -0.2) is 25.1 Å². The van der Waals surface area contributed by atoms with Crippen LogP contribution in [0.25, 0.3) is 0 Å². The molecule has 1 aromatic carbocycles. The van der Waals surface area contributed by atoms with Gasteiger partial charge in [-0.1, -0.05) is 0 Å². The summed E-state index contributed by atoms with van der Waals surface area (Å²) >= 11 is 1.36. The fourth-order valence-electron chi connectivity index (χ4n) is 1.79. The van der Waals surface area contributed by atoms with E-state index < -0.39 is 0 Å². The van der Waals surface area contributed by atoms with Crippen molar-refractivity contribution in [3.05, 3.63) is 34.8 Å². The van der Waals surface area contributed by atoms with E-state index in [-0.39, 0.29) is 5.91 Å². The van der Waals surface area contributed by atoms with Crippen LogP contribution in [0.3, 0.4) is 0 Å². The van der Waals surface area contributed by atoms with Crippen molar-refractivity contribution in [2.45, 2.75) is 6.92 Å². The highest BCUT2D eigenvalue weighted by Gasteiger charge is 2.17. The van der Waals surface area contributed by atoms with Gasteiger partial charge in [0.25, 0.3) is 5.91 Å². The topological polar surface area (TPSA) is 60.5 Å². The molecule has 0 unspecified atom stereocenters. The largest absolute Gasteiger partial charge is 0.496 e. The van der Waals surface area contributed by atoms with Gasteiger partial charge in [0, 0.05) is 17.1 Å². The second-order valence-electron chi connectivity index (χ2n) is 3.77. The van der Waals surface area contributed by atoms with Gasteiger partial charge < -0.3 is 9.47 Å². The first kappa shape index (κ1) is 13.4. The molecule has 0 aliphatic carbocycles. The minimum atomic E-state index is -0.252. The summed E-state index contributed by atoms with van der Waals surface area (Å²) in [6.45, 7) is 1.85. The molecule has 1 aromatic heterocycles. The number of thiazole rings is 1. The van der Waals surface area contributed by atoms with Gasteiger partial charge in [0.05, 0.1) is 19.8 Å². The lowest BCUT2D eigenvalue weighted by atomic mass is 10.1. The number of aromatic nitrogens is 1. The second-order valence-corrected chi connectivity index (χ2v) is 4.66. The van der Waals surface area contributed by atoms with Gasteiger partial charge in [0.15, 0.2) is 5.13 Å². The molecular formula is C13H14N2O3S. The molecule has 1 N–H and O–H groups in total. The summed E-state index contributed by atoms with van der Waals surface area (Å²) in [7, 11) is 3.11. The van der Waals surface area contributed by atoms with E-state index in [2.05, 4.69) is 10.3 Å². The Morgan fingerprint density at radius 3 is 2.68 bits per heavy atom. The van der Waals surface area contributed by atoms with Crippen LogP contribution in [0.15, 0.2) is 23.7 Å². The first-order valence-electron chi connectivity index (χ1n) is 5.59. The number of rotatable bonds is 4. The molecule has 1 heterocycles. The molecule has 0 atom stereocenters. The standard InChI is InChI=1S/C13H14N2O3S/c1-8-10(17-2)5-4-9(11(8)18-3)12(16)15-13-14-6-7-19-13/h4-7H,1-3H3,(H,14,15,16). The number of anilines is 1. The van der Waals surface area contributed by atoms with Gasteiger partial charge >= 0.3 is 0 Å². The maximum atomic E-state index is 12.2. The van der Waals surface area contributed by atoms with Gasteiger partial charge in [-0.25, -0.2) is 4.98 Å². The van der Waals surface area contributed by atoms with E-state index in [9.17, 15) is 4.79 Å². The zero-order chi connectivity index (χ0) is 13.8. The number of carbonyl (C=O) groups excluding carboxylic acids is 1. The number of hydrogen-bond donors (Lipinski definition) is 1. The monoisotopic (exact) mass is 278 g/mol. The van der Waals surface area contributed by atoms with Gasteiger partial charge in [-0.05, 0) is 19.1 Å². The summed E-state index contributed by atoms with van der Waals surface area (Å²) in [5, 5.41) is 5.08. The van der Waals surface area contributed by atoms with Crippen molar-refractivity contribution in [3.8, 4) is 11.5 Å². The Hall–Kier alpha value is -2.08. The highest BCUT2D eigenvalue weighted by Crippen LogP contribution is 2.31. The first-order valence-corrected chi connectivity index (χ1v) is 6.47. The summed E-state index contributed by atoms with van der Waals surface area (Å²) in [6, 6.07) is 3.42. The highest BCUT2D eigenvalue weighted by atomic mass is 32.1. The highest BCUT2D eigenvalue weighted by molar-refractivity contribution is 7.13. The zero-order valence-electron chi connectivity index (χ0n) is 10.9. The molecule has 6 heteroatoms. The maximum Gasteiger partial charge on any atom is 0.261 e. The van der Waals surface area contributed by atoms with Crippen molar-refractivity contribution in [2.75, 3.05) is 19.5 Å². The molecule has 0 saturated heterocycles. The number of hydrogen-bond acceptors (Lipinski definition) is 5. The molecule has 100 valence electrons. The van der Waals surface area contributed by atoms with Crippen LogP contribution in [0.5, 0.6) is 11.5 Å². The average molecular weight is 278 g/mol. The average Bonchev–Trinajstić information content (AvgIpc) is 2.91. The predicted octanol–water partition coefficient (Wildman–Crippen LogP) is 2.72. The summed E-state index contributed by atoms with van der Waals surface area (Å²) in [6.07, 6.45) is 1.64. The molecular weight excluding hydrogens is 264 g/mol. The van der Waals surface area contributed by atoms with Crippen molar-refractivity contribution >= 4 is 22.4 Å². The van der Waals surface area contributed by atoms with Gasteiger partial charge in [-0.3, -0.25) is 10.1 Å². The molecule has 0 aliphatic heterocycles. The Kier molecular flexibility index (Phi) is 4.01. The number of ether oxygens (including phenoxy) is 2. The van der Waals surface area contributed by atoms with E-state index in [4.69, 9.17) is 9.47 Å². The lowest BCUT2D eigenvalue weighted by Gasteiger charge is -2.13. The number of carbonyl (C=O) groups is 1. The lowest BCUT2D eigenvalue weighted by molar-refractivity contribution is 0.102. The van der Waals surface area contributed by atoms with Crippen molar-refractivity contribution in [3.63, 3.8) is 0 Å². The fourth-order valence-corrected chi connectivity index (χ4v) is 2.31. The summed E-state index contributed by atoms with van der Waals surface area (Å²) in [4.78, 5) is 16.2. The van der Waals surface area contributed by atoms with E-state index in [0.717, 1.165) is 5.56 Å². The maximum absolute atomic E-state index is 12.2. The number of methoxy groups -OCH3 is 2. The van der Waals surface area contributed by atoms with Crippen LogP contribution in [0.4, 0.5) is 5.13 Å². The molecule has 0 aliphatic rings. The van der Waals surface area contributed by atoms with Crippen molar-refractivity contribution < 1.29 is 14.3 Å². The smallest absolute Gasteiger partial charge is 0.261 e. The van der Waals surface area contributed by atoms with Gasteiger partial charge in [0.2, 0.25) is 0 Å². The Labute approximate surface area is 115 Å². The Bertz CT molecular complexity index is 582. The Morgan fingerprint density at radius 2 is 2.11 bits per heavy atom. The van der Waals surface area contributed by atoms with Crippen LogP contribution >= 0.6 is 11.3 Å². The number of benzene rings is 1. The number of nitrogens with one attached hydrogen (secondary N) is 1. The quantitative estimate of drug-likeness (QED) is 0.934. The lowest BCUT2D eigenvalue weighted by Crippen LogP contribution is -2.13. The van der Waals surface area contributed by atoms with Crippen LogP contribution in [-0.2, 0) is 0 Å². The Morgan fingerprint density at radius 1 is 1.32 bits per heavy atom. The normalized spacial score (nSPS) is 10.1. The van der Waals surface area contributed by atoms with Gasteiger partial charge in [-0.15, -0.1) is 11.3 Å². The third-order valence-corrected chi connectivity index (χ3v) is 3.37. The summed E-state index contributed by atoms with van der Waals surface area (Å²) in [5.74, 6) is 0.939. The van der Waals surface area contributed by atoms with E-state index >= 15 is 0 Å². The Balaban J connectivity index is 2.34. The molecule has 2 rings (SSSR count). The third kappa shape index (κ3) is 2.68. The van der Waals surface area contributed by atoms with E-state index in [1.54, 1.807) is 30.8 Å². The minimum Gasteiger partial charge on any atom is -0.496 e. The second kappa shape index (κ2) is 5.71. The van der Waals surface area contributed by atoms with Crippen molar-refractivity contribution in [2.24, 2.45) is 0 Å². The first-order chi connectivity index (χ1) is 9.17. The fraction of sp³-hybridized carbons (Fsp3) is 0.231. The van der Waals surface area contributed by atoms with Gasteiger partial charge in [-0.2, -0.15) is 0 Å². The van der Waals surface area contributed by atoms with E-state index in [1.807, 2.05) is 6.92 Å². The summed E-state index contributed by atoms with van der Waals surface area (Å²) in [5.41, 5.74) is 1.24. The van der Waals surface area contributed by atoms with E-state index in [0.29, 0.717) is 22.2 Å². The van der Waals surface area contributed by atoms with Crippen LogP contribution in [0.1, 0.15) is 15.9 Å². The van der Waals surface area contributed by atoms with Gasteiger partial charge in [0.1, 0.15) is 11.5 Å². The molecule has 0 bridgehead atoms. The third-order valence-electron chi connectivity index (χ3n) is 2.68. The molecule has 0 fully saturated rings. The molecule has 1 amide bonds. The molecule has 0 radical (unpaired) electrons. The summed E-state index contributed by atoms with van der Waals surface area (Å²) < 4.78 is 10.5. The molecule has 19 heavy (non-hydrogen) atoms. The molecule has 2 aromatic rings. The van der Waals surface area contributed by atoms with E-state index in [1.165, 1.54) is 18.4 Å². The van der Waals surface area contributed by atoms with Crippen LogP contribution in [0.2, 0.25) is 0 Å². The number of amides is 1. The van der Waals surface area contributed by atoms with Crippen molar-refractivity contribution in [1.82, 2.24) is 4.98 Å². The van der Waals surface area contributed by atoms with Crippen molar-refractivity contribution in [1.29, 1.82) is 0 Å². The predicted molar refractivity (Wildman–Crippen MR) is 74.4 cm³/mol. The zero-order valence-corrected chi connectivity index (χ0v) is 11.7. The van der Waals surface area contributed by atoms with Crippen LogP contribution < -0.4 is 14.8 Å². The number of nitrogens with zero attached hydrogens (tertiary/aromatic N) is 1. The minimum absolute atomic E-state index is 0.252.